The van der Waals surface area contributed by atoms with Crippen LogP contribution < -0.4 is 10.1 Å². The third-order valence-electron chi connectivity index (χ3n) is 1.98. The van der Waals surface area contributed by atoms with E-state index in [4.69, 9.17) is 4.74 Å². The van der Waals surface area contributed by atoms with E-state index in [1.54, 1.807) is 31.2 Å². The van der Waals surface area contributed by atoms with Gasteiger partial charge in [0, 0.05) is 0 Å². The minimum Gasteiger partial charge on any atom is -0.410 e. The zero-order valence-electron chi connectivity index (χ0n) is 9.25. The Morgan fingerprint density at radius 2 is 1.82 bits per heavy atom. The van der Waals surface area contributed by atoms with Crippen molar-refractivity contribution in [3.05, 3.63) is 48.5 Å². The number of carbonyl (C=O) groups excluding carboxylic acids is 1. The van der Waals surface area contributed by atoms with Crippen molar-refractivity contribution < 1.29 is 9.53 Å². The highest BCUT2D eigenvalue weighted by molar-refractivity contribution is 5.85. The Labute approximate surface area is 98.5 Å². The van der Waals surface area contributed by atoms with Gasteiger partial charge in [0.15, 0.2) is 0 Å². The maximum atomic E-state index is 11.5. The van der Waals surface area contributed by atoms with E-state index in [1.165, 1.54) is 12.4 Å². The molecule has 0 saturated heterocycles. The van der Waals surface area contributed by atoms with Gasteiger partial charge in [-0.2, -0.15) is 0 Å². The molecule has 1 N–H and O–H groups in total. The molecule has 0 atom stereocenters. The molecule has 0 spiro atoms. The Balaban J connectivity index is 1.96. The molecule has 5 heteroatoms. The molecule has 0 aliphatic heterocycles. The molecule has 1 amide bonds. The van der Waals surface area contributed by atoms with E-state index < -0.39 is 6.09 Å². The van der Waals surface area contributed by atoms with Gasteiger partial charge >= 0.3 is 6.09 Å². The van der Waals surface area contributed by atoms with Crippen molar-refractivity contribution in [2.24, 2.45) is 0 Å². The van der Waals surface area contributed by atoms with Crippen molar-refractivity contribution in [1.82, 2.24) is 9.97 Å². The number of nitrogens with one attached hydrogen (secondary N) is 1. The first-order valence-electron chi connectivity index (χ1n) is 5.06. The summed E-state index contributed by atoms with van der Waals surface area (Å²) in [6, 6.07) is 8.82. The number of nitrogens with zero attached hydrogens (tertiary/aromatic N) is 2. The largest absolute Gasteiger partial charge is 0.417 e. The van der Waals surface area contributed by atoms with Crippen molar-refractivity contribution in [3.63, 3.8) is 0 Å². The summed E-state index contributed by atoms with van der Waals surface area (Å²) in [6.07, 6.45) is 2.48. The molecule has 5 nitrogen and oxygen atoms in total. The van der Waals surface area contributed by atoms with Gasteiger partial charge in [-0.15, -0.1) is 0 Å². The summed E-state index contributed by atoms with van der Waals surface area (Å²) in [5, 5.41) is 2.53. The lowest BCUT2D eigenvalue weighted by atomic mass is 10.3. The number of ether oxygens (including phenoxy) is 1. The first-order valence-corrected chi connectivity index (χ1v) is 5.06. The number of rotatable bonds is 2. The Bertz CT molecular complexity index is 497. The molecule has 0 saturated carbocycles. The van der Waals surface area contributed by atoms with Crippen LogP contribution in [0.2, 0.25) is 0 Å². The van der Waals surface area contributed by atoms with E-state index >= 15 is 0 Å². The zero-order valence-corrected chi connectivity index (χ0v) is 9.25. The number of aryl methyl sites for hydroxylation is 1. The minimum atomic E-state index is -0.566. The molecule has 2 aromatic rings. The van der Waals surface area contributed by atoms with Crippen LogP contribution in [-0.4, -0.2) is 16.1 Å². The molecule has 0 unspecified atom stereocenters. The molecule has 0 aliphatic carbocycles. The summed E-state index contributed by atoms with van der Waals surface area (Å²) in [4.78, 5) is 19.4. The van der Waals surface area contributed by atoms with Crippen LogP contribution in [0.3, 0.4) is 0 Å². The fraction of sp³-hybridized carbons (Fsp3) is 0.0833. The van der Waals surface area contributed by atoms with E-state index in [0.717, 1.165) is 0 Å². The van der Waals surface area contributed by atoms with Crippen LogP contribution in [0.4, 0.5) is 10.5 Å². The SMILES string of the molecule is Cc1ncc(NC(=O)Oc2ccccc2)cn1. The zero-order chi connectivity index (χ0) is 12.1. The van der Waals surface area contributed by atoms with Crippen molar-refractivity contribution >= 4 is 11.8 Å². The average molecular weight is 229 g/mol. The van der Waals surface area contributed by atoms with E-state index in [0.29, 0.717) is 17.3 Å². The van der Waals surface area contributed by atoms with Crippen molar-refractivity contribution in [2.75, 3.05) is 5.32 Å². The highest BCUT2D eigenvalue weighted by Crippen LogP contribution is 2.10. The number of aromatic nitrogens is 2. The predicted molar refractivity (Wildman–Crippen MR) is 62.9 cm³/mol. The second-order valence-electron chi connectivity index (χ2n) is 3.35. The van der Waals surface area contributed by atoms with Crippen LogP contribution in [0.5, 0.6) is 5.75 Å². The number of anilines is 1. The molecule has 2 rings (SSSR count). The quantitative estimate of drug-likeness (QED) is 0.858. The second-order valence-corrected chi connectivity index (χ2v) is 3.35. The molecule has 0 fully saturated rings. The van der Waals surface area contributed by atoms with Crippen molar-refractivity contribution in [3.8, 4) is 5.75 Å². The normalized spacial score (nSPS) is 9.71. The fourth-order valence-electron chi connectivity index (χ4n) is 1.20. The van der Waals surface area contributed by atoms with Gasteiger partial charge in [-0.05, 0) is 19.1 Å². The molecule has 1 aromatic heterocycles. The van der Waals surface area contributed by atoms with Gasteiger partial charge in [0.05, 0.1) is 18.1 Å². The number of hydrogen-bond donors (Lipinski definition) is 1. The van der Waals surface area contributed by atoms with Crippen LogP contribution in [-0.2, 0) is 0 Å². The van der Waals surface area contributed by atoms with Crippen LogP contribution in [0.25, 0.3) is 0 Å². The molecule has 0 aliphatic rings. The summed E-state index contributed by atoms with van der Waals surface area (Å²) in [7, 11) is 0. The van der Waals surface area contributed by atoms with Gasteiger partial charge in [-0.3, -0.25) is 5.32 Å². The summed E-state index contributed by atoms with van der Waals surface area (Å²) in [5.41, 5.74) is 0.497. The first kappa shape index (κ1) is 11.1. The first-order chi connectivity index (χ1) is 8.24. The topological polar surface area (TPSA) is 64.1 Å². The Morgan fingerprint density at radius 1 is 1.18 bits per heavy atom. The molecule has 0 radical (unpaired) electrons. The van der Waals surface area contributed by atoms with Gasteiger partial charge in [-0.25, -0.2) is 14.8 Å². The molecule has 1 heterocycles. The predicted octanol–water partition coefficient (Wildman–Crippen LogP) is 2.40. The smallest absolute Gasteiger partial charge is 0.410 e. The van der Waals surface area contributed by atoms with E-state index in [9.17, 15) is 4.79 Å². The number of para-hydroxylation sites is 1. The number of benzene rings is 1. The van der Waals surface area contributed by atoms with Crippen molar-refractivity contribution in [1.29, 1.82) is 0 Å². The minimum absolute atomic E-state index is 0.484. The lowest BCUT2D eigenvalue weighted by Gasteiger charge is -2.05. The standard InChI is InChI=1S/C12H11N3O2/c1-9-13-7-10(8-14-9)15-12(16)17-11-5-3-2-4-6-11/h2-8H,1H3,(H,15,16). The second kappa shape index (κ2) is 5.07. The van der Waals surface area contributed by atoms with Gasteiger partial charge in [0.2, 0.25) is 0 Å². The van der Waals surface area contributed by atoms with Crippen molar-refractivity contribution in [2.45, 2.75) is 6.92 Å². The molecule has 17 heavy (non-hydrogen) atoms. The average Bonchev–Trinajstić information content (AvgIpc) is 2.33. The van der Waals surface area contributed by atoms with E-state index in [1.807, 2.05) is 6.07 Å². The Kier molecular flexibility index (Phi) is 3.30. The molecular weight excluding hydrogens is 218 g/mol. The van der Waals surface area contributed by atoms with Crippen LogP contribution in [0, 0.1) is 6.92 Å². The molecular formula is C12H11N3O2. The monoisotopic (exact) mass is 229 g/mol. The molecule has 0 bridgehead atoms. The van der Waals surface area contributed by atoms with Crippen LogP contribution in [0.1, 0.15) is 5.82 Å². The van der Waals surface area contributed by atoms with Crippen LogP contribution >= 0.6 is 0 Å². The number of carbonyl (C=O) groups is 1. The third-order valence-corrected chi connectivity index (χ3v) is 1.98. The lowest BCUT2D eigenvalue weighted by molar-refractivity contribution is 0.215. The van der Waals surface area contributed by atoms with E-state index in [2.05, 4.69) is 15.3 Å². The summed E-state index contributed by atoms with van der Waals surface area (Å²) >= 11 is 0. The van der Waals surface area contributed by atoms with Gasteiger partial charge < -0.3 is 4.74 Å². The van der Waals surface area contributed by atoms with Crippen LogP contribution in [0.15, 0.2) is 42.7 Å². The highest BCUT2D eigenvalue weighted by atomic mass is 16.6. The summed E-state index contributed by atoms with van der Waals surface area (Å²) in [5.74, 6) is 1.13. The Hall–Kier alpha value is -2.43. The lowest BCUT2D eigenvalue weighted by Crippen LogP contribution is -2.17. The number of hydrogen-bond acceptors (Lipinski definition) is 4. The summed E-state index contributed by atoms with van der Waals surface area (Å²) < 4.78 is 5.04. The highest BCUT2D eigenvalue weighted by Gasteiger charge is 2.04. The number of amides is 1. The van der Waals surface area contributed by atoms with Gasteiger partial charge in [-0.1, -0.05) is 18.2 Å². The summed E-state index contributed by atoms with van der Waals surface area (Å²) in [6.45, 7) is 1.77. The van der Waals surface area contributed by atoms with Gasteiger partial charge in [0.1, 0.15) is 11.6 Å². The van der Waals surface area contributed by atoms with E-state index in [-0.39, 0.29) is 0 Å². The molecule has 1 aromatic carbocycles. The Morgan fingerprint density at radius 3 is 2.47 bits per heavy atom. The fourth-order valence-corrected chi connectivity index (χ4v) is 1.20. The maximum Gasteiger partial charge on any atom is 0.417 e. The molecule has 86 valence electrons. The third kappa shape index (κ3) is 3.27. The van der Waals surface area contributed by atoms with Gasteiger partial charge in [0.25, 0.3) is 0 Å². The maximum absolute atomic E-state index is 11.5.